The molecule has 84 valence electrons. The average molecular weight is 201 g/mol. The molecule has 14 heavy (non-hydrogen) atoms. The summed E-state index contributed by atoms with van der Waals surface area (Å²) >= 11 is 0. The van der Waals surface area contributed by atoms with Crippen LogP contribution in [0.15, 0.2) is 0 Å². The zero-order valence-electron chi connectivity index (χ0n) is 9.33. The molecule has 0 N–H and O–H groups in total. The van der Waals surface area contributed by atoms with Crippen molar-refractivity contribution in [1.29, 1.82) is 0 Å². The average Bonchev–Trinajstić information content (AvgIpc) is 2.25. The third-order valence-electron chi connectivity index (χ3n) is 2.54. The van der Waals surface area contributed by atoms with Crippen LogP contribution in [0, 0.1) is 0 Å². The molecule has 1 saturated heterocycles. The molecule has 0 aliphatic carbocycles. The quantitative estimate of drug-likeness (QED) is 0.591. The Hall–Kier alpha value is -0.120. The first-order valence-corrected chi connectivity index (χ1v) is 5.81. The van der Waals surface area contributed by atoms with Crippen molar-refractivity contribution >= 4 is 0 Å². The fourth-order valence-electron chi connectivity index (χ4n) is 1.67. The Morgan fingerprint density at radius 3 is 2.29 bits per heavy atom. The molecular weight excluding hydrogens is 178 g/mol. The maximum Gasteiger partial charge on any atom is 0.150 e. The maximum absolute atomic E-state index is 5.18. The van der Waals surface area contributed by atoms with Gasteiger partial charge >= 0.3 is 0 Å². The molecule has 1 aliphatic rings. The van der Waals surface area contributed by atoms with Gasteiger partial charge in [-0.05, 0) is 6.42 Å². The molecule has 0 spiro atoms. The van der Waals surface area contributed by atoms with Crippen LogP contribution in [-0.2, 0) is 9.47 Å². The second kappa shape index (κ2) is 8.21. The molecule has 0 aromatic carbocycles. The zero-order valence-corrected chi connectivity index (χ0v) is 9.33. The van der Waals surface area contributed by atoms with E-state index in [1.54, 1.807) is 0 Å². The number of hydrogen-bond donors (Lipinski definition) is 0. The topological polar surface area (TPSA) is 21.7 Å². The smallest absolute Gasteiger partial charge is 0.150 e. The molecule has 1 heterocycles. The van der Waals surface area contributed by atoms with Gasteiger partial charge in [-0.2, -0.15) is 0 Å². The van der Waals surface area contributed by atoms with Gasteiger partial charge in [-0.1, -0.05) is 39.0 Å². The first-order valence-electron chi connectivity index (χ1n) is 5.81. The van der Waals surface area contributed by atoms with Gasteiger partial charge in [0.1, 0.15) is 20.3 Å². The minimum atomic E-state index is 0.465. The minimum Gasteiger partial charge on any atom is -0.340 e. The molecular formula is C11H23NO2. The van der Waals surface area contributed by atoms with Crippen LogP contribution in [0.1, 0.15) is 45.4 Å². The van der Waals surface area contributed by atoms with Gasteiger partial charge in [0.2, 0.25) is 0 Å². The van der Waals surface area contributed by atoms with Gasteiger partial charge in [-0.25, -0.2) is 0 Å². The lowest BCUT2D eigenvalue weighted by molar-refractivity contribution is -0.182. The van der Waals surface area contributed by atoms with E-state index in [1.807, 2.05) is 0 Å². The van der Waals surface area contributed by atoms with E-state index in [-0.39, 0.29) is 0 Å². The summed E-state index contributed by atoms with van der Waals surface area (Å²) in [6.45, 7) is 5.32. The molecule has 1 rings (SSSR count). The number of ether oxygens (including phenoxy) is 2. The summed E-state index contributed by atoms with van der Waals surface area (Å²) in [5.74, 6) is 0. The highest BCUT2D eigenvalue weighted by Crippen LogP contribution is 2.07. The van der Waals surface area contributed by atoms with Crippen LogP contribution in [0.3, 0.4) is 0 Å². The van der Waals surface area contributed by atoms with Gasteiger partial charge in [0, 0.05) is 6.54 Å². The molecule has 0 unspecified atom stereocenters. The molecule has 0 aromatic heterocycles. The summed E-state index contributed by atoms with van der Waals surface area (Å²) < 4.78 is 10.4. The van der Waals surface area contributed by atoms with Gasteiger partial charge < -0.3 is 9.47 Å². The Morgan fingerprint density at radius 1 is 0.929 bits per heavy atom. The van der Waals surface area contributed by atoms with Crippen molar-refractivity contribution < 1.29 is 9.47 Å². The van der Waals surface area contributed by atoms with Crippen LogP contribution in [-0.4, -0.2) is 31.7 Å². The van der Waals surface area contributed by atoms with E-state index in [0.29, 0.717) is 6.79 Å². The SMILES string of the molecule is CCCCCCCCN1COCOC1. The highest BCUT2D eigenvalue weighted by atomic mass is 16.7. The molecule has 0 saturated carbocycles. The molecule has 1 aliphatic heterocycles. The number of rotatable bonds is 7. The van der Waals surface area contributed by atoms with Crippen molar-refractivity contribution in [3.8, 4) is 0 Å². The van der Waals surface area contributed by atoms with Gasteiger partial charge in [0.15, 0.2) is 0 Å². The van der Waals surface area contributed by atoms with Crippen LogP contribution in [0.4, 0.5) is 0 Å². The van der Waals surface area contributed by atoms with E-state index in [9.17, 15) is 0 Å². The largest absolute Gasteiger partial charge is 0.340 e. The van der Waals surface area contributed by atoms with Crippen molar-refractivity contribution in [2.75, 3.05) is 26.8 Å². The fraction of sp³-hybridized carbons (Fsp3) is 1.00. The second-order valence-electron chi connectivity index (χ2n) is 3.95. The summed E-state index contributed by atoms with van der Waals surface area (Å²) in [6.07, 6.45) is 8.10. The number of nitrogens with zero attached hydrogens (tertiary/aromatic N) is 1. The Labute approximate surface area is 87.4 Å². The van der Waals surface area contributed by atoms with Crippen LogP contribution in [0.2, 0.25) is 0 Å². The lowest BCUT2D eigenvalue weighted by Crippen LogP contribution is -2.35. The highest BCUT2D eigenvalue weighted by Gasteiger charge is 2.08. The van der Waals surface area contributed by atoms with Crippen molar-refractivity contribution in [3.63, 3.8) is 0 Å². The first-order chi connectivity index (χ1) is 6.93. The van der Waals surface area contributed by atoms with E-state index in [2.05, 4.69) is 11.8 Å². The van der Waals surface area contributed by atoms with Crippen molar-refractivity contribution in [2.45, 2.75) is 45.4 Å². The van der Waals surface area contributed by atoms with Crippen LogP contribution >= 0.6 is 0 Å². The molecule has 0 atom stereocenters. The monoisotopic (exact) mass is 201 g/mol. The van der Waals surface area contributed by atoms with E-state index in [1.165, 1.54) is 38.5 Å². The van der Waals surface area contributed by atoms with E-state index in [4.69, 9.17) is 9.47 Å². The normalized spacial score (nSPS) is 18.6. The molecule has 0 radical (unpaired) electrons. The van der Waals surface area contributed by atoms with Crippen LogP contribution < -0.4 is 0 Å². The summed E-state index contributed by atoms with van der Waals surface area (Å²) in [5, 5.41) is 0. The summed E-state index contributed by atoms with van der Waals surface area (Å²) in [6, 6.07) is 0. The standard InChI is InChI=1S/C11H23NO2/c1-2-3-4-5-6-7-8-12-9-13-11-14-10-12/h2-11H2,1H3. The van der Waals surface area contributed by atoms with E-state index >= 15 is 0 Å². The molecule has 0 bridgehead atoms. The van der Waals surface area contributed by atoms with Crippen molar-refractivity contribution in [2.24, 2.45) is 0 Å². The van der Waals surface area contributed by atoms with Gasteiger partial charge in [0.05, 0.1) is 0 Å². The van der Waals surface area contributed by atoms with Crippen LogP contribution in [0.5, 0.6) is 0 Å². The first kappa shape index (κ1) is 12.0. The van der Waals surface area contributed by atoms with Gasteiger partial charge in [-0.15, -0.1) is 0 Å². The van der Waals surface area contributed by atoms with Crippen molar-refractivity contribution in [3.05, 3.63) is 0 Å². The van der Waals surface area contributed by atoms with Gasteiger partial charge in [-0.3, -0.25) is 4.90 Å². The minimum absolute atomic E-state index is 0.465. The number of unbranched alkanes of at least 4 members (excludes halogenated alkanes) is 5. The molecule has 0 aromatic rings. The highest BCUT2D eigenvalue weighted by molar-refractivity contribution is 4.51. The number of hydrogen-bond acceptors (Lipinski definition) is 3. The Kier molecular flexibility index (Phi) is 7.01. The third kappa shape index (κ3) is 5.58. The summed E-state index contributed by atoms with van der Waals surface area (Å²) in [7, 11) is 0. The summed E-state index contributed by atoms with van der Waals surface area (Å²) in [5.41, 5.74) is 0. The molecule has 3 heteroatoms. The molecule has 1 fully saturated rings. The summed E-state index contributed by atoms with van der Waals surface area (Å²) in [4.78, 5) is 2.21. The lowest BCUT2D eigenvalue weighted by Gasteiger charge is -2.26. The van der Waals surface area contributed by atoms with Gasteiger partial charge in [0.25, 0.3) is 0 Å². The Bertz CT molecular complexity index is 124. The maximum atomic E-state index is 5.18. The zero-order chi connectivity index (χ0) is 10.1. The fourth-order valence-corrected chi connectivity index (χ4v) is 1.67. The molecule has 0 amide bonds. The van der Waals surface area contributed by atoms with Crippen LogP contribution in [0.25, 0.3) is 0 Å². The Balaban J connectivity index is 1.82. The predicted molar refractivity (Wildman–Crippen MR) is 56.9 cm³/mol. The molecule has 3 nitrogen and oxygen atoms in total. The third-order valence-corrected chi connectivity index (χ3v) is 2.54. The van der Waals surface area contributed by atoms with E-state index in [0.717, 1.165) is 20.0 Å². The second-order valence-corrected chi connectivity index (χ2v) is 3.95. The Morgan fingerprint density at radius 2 is 1.57 bits per heavy atom. The predicted octanol–water partition coefficient (Wildman–Crippen LogP) is 2.57. The van der Waals surface area contributed by atoms with E-state index < -0.39 is 0 Å². The van der Waals surface area contributed by atoms with Crippen molar-refractivity contribution in [1.82, 2.24) is 4.90 Å². The lowest BCUT2D eigenvalue weighted by atomic mass is 10.1.